The zero-order valence-corrected chi connectivity index (χ0v) is 6.54. The molecule has 1 saturated heterocycles. The van der Waals surface area contributed by atoms with E-state index in [2.05, 4.69) is 0 Å². The summed E-state index contributed by atoms with van der Waals surface area (Å²) in [4.78, 5) is 0. The highest BCUT2D eigenvalue weighted by Gasteiger charge is 2.25. The molecule has 0 aromatic carbocycles. The van der Waals surface area contributed by atoms with E-state index in [-0.39, 0.29) is 18.2 Å². The van der Waals surface area contributed by atoms with Gasteiger partial charge in [-0.05, 0) is 13.8 Å². The maximum absolute atomic E-state index is 5.68. The van der Waals surface area contributed by atoms with Gasteiger partial charge in [0.15, 0.2) is 0 Å². The zero-order valence-electron chi connectivity index (χ0n) is 6.54. The van der Waals surface area contributed by atoms with Gasteiger partial charge in [-0.2, -0.15) is 0 Å². The number of nitrogens with two attached hydrogens (primary N) is 1. The van der Waals surface area contributed by atoms with Crippen molar-refractivity contribution in [1.82, 2.24) is 0 Å². The zero-order chi connectivity index (χ0) is 7.56. The van der Waals surface area contributed by atoms with Gasteiger partial charge in [0, 0.05) is 0 Å². The van der Waals surface area contributed by atoms with E-state index in [0.29, 0.717) is 13.2 Å². The van der Waals surface area contributed by atoms with Gasteiger partial charge >= 0.3 is 0 Å². The second-order valence-corrected chi connectivity index (χ2v) is 2.92. The first kappa shape index (κ1) is 7.98. The summed E-state index contributed by atoms with van der Waals surface area (Å²) in [7, 11) is 0. The summed E-state index contributed by atoms with van der Waals surface area (Å²) in [5.41, 5.74) is 5.68. The Morgan fingerprint density at radius 1 is 1.50 bits per heavy atom. The van der Waals surface area contributed by atoms with Crippen LogP contribution in [0, 0.1) is 0 Å². The van der Waals surface area contributed by atoms with Crippen molar-refractivity contribution in [1.29, 1.82) is 0 Å². The van der Waals surface area contributed by atoms with Gasteiger partial charge in [0.05, 0.1) is 31.5 Å². The lowest BCUT2D eigenvalue weighted by molar-refractivity contribution is -0.00224. The van der Waals surface area contributed by atoms with Crippen LogP contribution in [0.1, 0.15) is 13.8 Å². The van der Waals surface area contributed by atoms with Gasteiger partial charge in [-0.3, -0.25) is 0 Å². The van der Waals surface area contributed by atoms with Crippen molar-refractivity contribution in [3.05, 3.63) is 0 Å². The topological polar surface area (TPSA) is 44.5 Å². The lowest BCUT2D eigenvalue weighted by Crippen LogP contribution is -2.36. The van der Waals surface area contributed by atoms with Crippen LogP contribution in [-0.4, -0.2) is 31.5 Å². The number of hydrogen-bond acceptors (Lipinski definition) is 3. The Labute approximate surface area is 61.5 Å². The van der Waals surface area contributed by atoms with E-state index >= 15 is 0 Å². The Hall–Kier alpha value is -0.120. The van der Waals surface area contributed by atoms with Crippen LogP contribution in [0.4, 0.5) is 0 Å². The largest absolute Gasteiger partial charge is 0.377 e. The van der Waals surface area contributed by atoms with E-state index in [4.69, 9.17) is 15.2 Å². The van der Waals surface area contributed by atoms with Crippen molar-refractivity contribution in [2.45, 2.75) is 32.1 Å². The molecule has 0 aromatic heterocycles. The highest BCUT2D eigenvalue weighted by Crippen LogP contribution is 2.09. The molecule has 0 amide bonds. The van der Waals surface area contributed by atoms with E-state index in [9.17, 15) is 0 Å². The van der Waals surface area contributed by atoms with Crippen molar-refractivity contribution in [3.63, 3.8) is 0 Å². The maximum Gasteiger partial charge on any atom is 0.0984 e. The molecule has 0 aliphatic carbocycles. The van der Waals surface area contributed by atoms with E-state index in [1.165, 1.54) is 0 Å². The van der Waals surface area contributed by atoms with Gasteiger partial charge < -0.3 is 15.2 Å². The third kappa shape index (κ3) is 1.94. The standard InChI is InChI=1S/C7H15NO2/c1-5(2)10-7-4-9-3-6(7)8/h5-7H,3-4,8H2,1-2H3. The number of ether oxygens (including phenoxy) is 2. The smallest absolute Gasteiger partial charge is 0.0984 e. The van der Waals surface area contributed by atoms with Crippen LogP contribution in [0.5, 0.6) is 0 Å². The SMILES string of the molecule is CC(C)OC1COCC1N. The van der Waals surface area contributed by atoms with Gasteiger partial charge in [0.25, 0.3) is 0 Å². The van der Waals surface area contributed by atoms with Gasteiger partial charge in [0.1, 0.15) is 0 Å². The molecule has 1 aliphatic heterocycles. The van der Waals surface area contributed by atoms with E-state index < -0.39 is 0 Å². The first-order chi connectivity index (χ1) is 4.70. The minimum absolute atomic E-state index is 0.0717. The fourth-order valence-corrected chi connectivity index (χ4v) is 1.04. The molecule has 3 heteroatoms. The minimum Gasteiger partial charge on any atom is -0.377 e. The lowest BCUT2D eigenvalue weighted by Gasteiger charge is -2.16. The Morgan fingerprint density at radius 3 is 2.60 bits per heavy atom. The monoisotopic (exact) mass is 145 g/mol. The molecule has 1 rings (SSSR count). The van der Waals surface area contributed by atoms with Crippen LogP contribution in [0.3, 0.4) is 0 Å². The summed E-state index contributed by atoms with van der Waals surface area (Å²) in [6.07, 6.45) is 0.359. The molecule has 2 N–H and O–H groups in total. The quantitative estimate of drug-likeness (QED) is 0.601. The third-order valence-electron chi connectivity index (χ3n) is 1.52. The molecule has 0 saturated carbocycles. The Balaban J connectivity index is 2.26. The average Bonchev–Trinajstić information content (AvgIpc) is 2.15. The molecule has 1 fully saturated rings. The molecule has 60 valence electrons. The summed E-state index contributed by atoms with van der Waals surface area (Å²) in [5.74, 6) is 0. The van der Waals surface area contributed by atoms with Gasteiger partial charge in [-0.15, -0.1) is 0 Å². The second kappa shape index (κ2) is 3.32. The molecular weight excluding hydrogens is 130 g/mol. The Kier molecular flexibility index (Phi) is 2.65. The molecule has 1 aliphatic rings. The van der Waals surface area contributed by atoms with Crippen LogP contribution in [0.25, 0.3) is 0 Å². The summed E-state index contributed by atoms with van der Waals surface area (Å²) in [6.45, 7) is 5.30. The number of hydrogen-bond donors (Lipinski definition) is 1. The fraction of sp³-hybridized carbons (Fsp3) is 1.00. The summed E-state index contributed by atoms with van der Waals surface area (Å²) < 4.78 is 10.6. The van der Waals surface area contributed by atoms with Crippen LogP contribution >= 0.6 is 0 Å². The highest BCUT2D eigenvalue weighted by molar-refractivity contribution is 4.78. The fourth-order valence-electron chi connectivity index (χ4n) is 1.04. The van der Waals surface area contributed by atoms with Crippen LogP contribution in [0.15, 0.2) is 0 Å². The van der Waals surface area contributed by atoms with E-state index in [1.54, 1.807) is 0 Å². The minimum atomic E-state index is 0.0717. The molecule has 0 aromatic rings. The van der Waals surface area contributed by atoms with Gasteiger partial charge in [-0.25, -0.2) is 0 Å². The van der Waals surface area contributed by atoms with Crippen LogP contribution in [-0.2, 0) is 9.47 Å². The summed E-state index contributed by atoms with van der Waals surface area (Å²) >= 11 is 0. The van der Waals surface area contributed by atoms with Gasteiger partial charge in [0.2, 0.25) is 0 Å². The van der Waals surface area contributed by atoms with Crippen molar-refractivity contribution < 1.29 is 9.47 Å². The molecule has 1 heterocycles. The van der Waals surface area contributed by atoms with Crippen molar-refractivity contribution in [3.8, 4) is 0 Å². The van der Waals surface area contributed by atoms with E-state index in [0.717, 1.165) is 0 Å². The highest BCUT2D eigenvalue weighted by atomic mass is 16.6. The normalized spacial score (nSPS) is 33.6. The van der Waals surface area contributed by atoms with Gasteiger partial charge in [-0.1, -0.05) is 0 Å². The molecule has 0 spiro atoms. The van der Waals surface area contributed by atoms with Crippen molar-refractivity contribution in [2.75, 3.05) is 13.2 Å². The average molecular weight is 145 g/mol. The Bertz CT molecular complexity index is 106. The molecule has 3 nitrogen and oxygen atoms in total. The summed E-state index contributed by atoms with van der Waals surface area (Å²) in [5, 5.41) is 0. The molecule has 10 heavy (non-hydrogen) atoms. The second-order valence-electron chi connectivity index (χ2n) is 2.92. The molecule has 0 radical (unpaired) electrons. The predicted octanol–water partition coefficient (Wildman–Crippen LogP) is 0.138. The maximum atomic E-state index is 5.68. The van der Waals surface area contributed by atoms with Crippen molar-refractivity contribution in [2.24, 2.45) is 5.73 Å². The summed E-state index contributed by atoms with van der Waals surface area (Å²) in [6, 6.07) is 0.0717. The van der Waals surface area contributed by atoms with Crippen molar-refractivity contribution >= 4 is 0 Å². The number of rotatable bonds is 2. The molecule has 0 bridgehead atoms. The molecule has 2 atom stereocenters. The molecule has 2 unspecified atom stereocenters. The van der Waals surface area contributed by atoms with Crippen LogP contribution in [0.2, 0.25) is 0 Å². The lowest BCUT2D eigenvalue weighted by atomic mass is 10.2. The van der Waals surface area contributed by atoms with E-state index in [1.807, 2.05) is 13.8 Å². The van der Waals surface area contributed by atoms with Crippen LogP contribution < -0.4 is 5.73 Å². The molecular formula is C7H15NO2. The first-order valence-electron chi connectivity index (χ1n) is 3.69. The predicted molar refractivity (Wildman–Crippen MR) is 38.8 cm³/mol. The first-order valence-corrected chi connectivity index (χ1v) is 3.69. The Morgan fingerprint density at radius 2 is 2.20 bits per heavy atom. The third-order valence-corrected chi connectivity index (χ3v) is 1.52.